The maximum atomic E-state index is 9.10. The van der Waals surface area contributed by atoms with E-state index in [1.54, 1.807) is 0 Å². The molecule has 0 spiro atoms. The van der Waals surface area contributed by atoms with Gasteiger partial charge in [-0.25, -0.2) is 5.32 Å². The first-order valence-electron chi connectivity index (χ1n) is 4.07. The fraction of sp³-hybridized carbons (Fsp3) is 1.00. The van der Waals surface area contributed by atoms with E-state index < -0.39 is 6.10 Å². The molecule has 2 unspecified atom stereocenters. The van der Waals surface area contributed by atoms with Gasteiger partial charge in [0.2, 0.25) is 0 Å². The van der Waals surface area contributed by atoms with Crippen molar-refractivity contribution in [1.29, 1.82) is 0 Å². The third kappa shape index (κ3) is 3.16. The molecule has 4 N–H and O–H groups in total. The number of rotatable bonds is 4. The van der Waals surface area contributed by atoms with Crippen LogP contribution in [0.5, 0.6) is 0 Å². The van der Waals surface area contributed by atoms with Crippen LogP contribution in [0.25, 0.3) is 0 Å². The van der Waals surface area contributed by atoms with Gasteiger partial charge < -0.3 is 16.2 Å². The quantitative estimate of drug-likeness (QED) is 0.455. The van der Waals surface area contributed by atoms with E-state index in [0.717, 1.165) is 19.5 Å². The molecular formula is C7H16N3O. The van der Waals surface area contributed by atoms with Crippen LogP contribution in [-0.4, -0.2) is 43.4 Å². The van der Waals surface area contributed by atoms with Crippen LogP contribution in [-0.2, 0) is 0 Å². The van der Waals surface area contributed by atoms with E-state index in [1.165, 1.54) is 0 Å². The van der Waals surface area contributed by atoms with Gasteiger partial charge >= 0.3 is 0 Å². The minimum absolute atomic E-state index is 0.330. The van der Waals surface area contributed by atoms with Gasteiger partial charge in [-0.3, -0.25) is 0 Å². The zero-order chi connectivity index (χ0) is 8.10. The summed E-state index contributed by atoms with van der Waals surface area (Å²) in [5.74, 6) is 0. The van der Waals surface area contributed by atoms with Gasteiger partial charge in [0.25, 0.3) is 0 Å². The Kier molecular flexibility index (Phi) is 3.79. The molecule has 0 aliphatic carbocycles. The first-order chi connectivity index (χ1) is 5.33. The van der Waals surface area contributed by atoms with E-state index in [0.29, 0.717) is 19.1 Å². The summed E-state index contributed by atoms with van der Waals surface area (Å²) in [5.41, 5.74) is 5.24. The molecule has 2 atom stereocenters. The highest BCUT2D eigenvalue weighted by Gasteiger charge is 2.15. The fourth-order valence-corrected chi connectivity index (χ4v) is 1.14. The van der Waals surface area contributed by atoms with Crippen LogP contribution in [0.4, 0.5) is 0 Å². The van der Waals surface area contributed by atoms with E-state index in [2.05, 4.69) is 10.6 Å². The summed E-state index contributed by atoms with van der Waals surface area (Å²) in [6.07, 6.45) is 0.688. The maximum Gasteiger partial charge on any atom is 0.0786 e. The Morgan fingerprint density at radius 3 is 3.09 bits per heavy atom. The second-order valence-corrected chi connectivity index (χ2v) is 2.91. The van der Waals surface area contributed by atoms with Crippen molar-refractivity contribution in [3.8, 4) is 0 Å². The molecule has 65 valence electrons. The zero-order valence-electron chi connectivity index (χ0n) is 6.66. The molecule has 1 saturated heterocycles. The van der Waals surface area contributed by atoms with Crippen molar-refractivity contribution in [3.63, 3.8) is 0 Å². The van der Waals surface area contributed by atoms with E-state index in [9.17, 15) is 0 Å². The van der Waals surface area contributed by atoms with Crippen LogP contribution in [0.15, 0.2) is 0 Å². The molecule has 0 amide bonds. The number of hydrogen-bond acceptors (Lipinski definition) is 3. The molecule has 4 heteroatoms. The van der Waals surface area contributed by atoms with Gasteiger partial charge in [-0.1, -0.05) is 0 Å². The van der Waals surface area contributed by atoms with Crippen LogP contribution in [0, 0.1) is 0 Å². The summed E-state index contributed by atoms with van der Waals surface area (Å²) in [4.78, 5) is 0. The molecule has 0 aromatic rings. The molecule has 11 heavy (non-hydrogen) atoms. The lowest BCUT2D eigenvalue weighted by atomic mass is 10.2. The predicted octanol–water partition coefficient (Wildman–Crippen LogP) is -1.73. The minimum Gasteiger partial charge on any atom is -0.390 e. The number of aliphatic hydroxyl groups is 1. The van der Waals surface area contributed by atoms with Crippen molar-refractivity contribution in [2.75, 3.05) is 26.2 Å². The third-order valence-electron chi connectivity index (χ3n) is 1.90. The second-order valence-electron chi connectivity index (χ2n) is 2.91. The Hall–Kier alpha value is -0.160. The van der Waals surface area contributed by atoms with Crippen LogP contribution in [0.2, 0.25) is 0 Å². The van der Waals surface area contributed by atoms with Gasteiger partial charge in [0.15, 0.2) is 0 Å². The van der Waals surface area contributed by atoms with Gasteiger partial charge in [-0.15, -0.1) is 0 Å². The number of nitrogens with two attached hydrogens (primary N) is 1. The van der Waals surface area contributed by atoms with Crippen molar-refractivity contribution in [2.45, 2.75) is 18.6 Å². The Balaban J connectivity index is 2.01. The van der Waals surface area contributed by atoms with Crippen molar-refractivity contribution < 1.29 is 5.11 Å². The first-order valence-corrected chi connectivity index (χ1v) is 4.07. The van der Waals surface area contributed by atoms with Gasteiger partial charge in [0.05, 0.1) is 6.10 Å². The molecule has 1 aliphatic rings. The summed E-state index contributed by atoms with van der Waals surface area (Å²) in [6, 6.07) is 0.469. The fourth-order valence-electron chi connectivity index (χ4n) is 1.14. The van der Waals surface area contributed by atoms with Gasteiger partial charge in [-0.05, 0) is 6.42 Å². The molecule has 0 saturated carbocycles. The highest BCUT2D eigenvalue weighted by atomic mass is 16.3. The first kappa shape index (κ1) is 8.93. The maximum absolute atomic E-state index is 9.10. The van der Waals surface area contributed by atoms with Crippen molar-refractivity contribution in [1.82, 2.24) is 10.6 Å². The SMILES string of the molecule is NCC(O)CNC1CC[N]C1. The number of nitrogens with zero attached hydrogens (tertiary/aromatic N) is 1. The molecule has 1 heterocycles. The smallest absolute Gasteiger partial charge is 0.0786 e. The average molecular weight is 158 g/mol. The Morgan fingerprint density at radius 2 is 2.55 bits per heavy atom. The van der Waals surface area contributed by atoms with Crippen LogP contribution < -0.4 is 16.4 Å². The van der Waals surface area contributed by atoms with E-state index in [4.69, 9.17) is 10.8 Å². The molecule has 1 rings (SSSR count). The molecule has 0 bridgehead atoms. The summed E-state index contributed by atoms with van der Waals surface area (Å²) in [6.45, 7) is 2.77. The Bertz CT molecular complexity index is 104. The zero-order valence-corrected chi connectivity index (χ0v) is 6.66. The van der Waals surface area contributed by atoms with Crippen molar-refractivity contribution in [2.24, 2.45) is 5.73 Å². The number of aliphatic hydroxyl groups excluding tert-OH is 1. The van der Waals surface area contributed by atoms with E-state index in [1.807, 2.05) is 0 Å². The largest absolute Gasteiger partial charge is 0.390 e. The van der Waals surface area contributed by atoms with Gasteiger partial charge in [0, 0.05) is 32.2 Å². The van der Waals surface area contributed by atoms with E-state index in [-0.39, 0.29) is 0 Å². The van der Waals surface area contributed by atoms with Crippen molar-refractivity contribution in [3.05, 3.63) is 0 Å². The third-order valence-corrected chi connectivity index (χ3v) is 1.90. The molecule has 1 aliphatic heterocycles. The van der Waals surface area contributed by atoms with Gasteiger partial charge in [0.1, 0.15) is 0 Å². The van der Waals surface area contributed by atoms with Crippen LogP contribution in [0.3, 0.4) is 0 Å². The molecule has 0 aromatic heterocycles. The lowest BCUT2D eigenvalue weighted by Crippen LogP contribution is -2.39. The molecule has 4 nitrogen and oxygen atoms in total. The van der Waals surface area contributed by atoms with Crippen molar-refractivity contribution >= 4 is 0 Å². The lowest BCUT2D eigenvalue weighted by Gasteiger charge is -2.13. The lowest BCUT2D eigenvalue weighted by molar-refractivity contribution is 0.175. The Labute approximate surface area is 67.2 Å². The predicted molar refractivity (Wildman–Crippen MR) is 43.3 cm³/mol. The minimum atomic E-state index is -0.407. The highest BCUT2D eigenvalue weighted by molar-refractivity contribution is 4.77. The topological polar surface area (TPSA) is 72.4 Å². The summed E-state index contributed by atoms with van der Waals surface area (Å²) in [5, 5.41) is 16.5. The molecule has 1 radical (unpaired) electrons. The summed E-state index contributed by atoms with van der Waals surface area (Å²) in [7, 11) is 0. The molecule has 0 aromatic carbocycles. The molecular weight excluding hydrogens is 142 g/mol. The monoisotopic (exact) mass is 158 g/mol. The van der Waals surface area contributed by atoms with Crippen LogP contribution in [0.1, 0.15) is 6.42 Å². The van der Waals surface area contributed by atoms with Crippen LogP contribution >= 0.6 is 0 Å². The summed E-state index contributed by atoms with van der Waals surface area (Å²) >= 11 is 0. The Morgan fingerprint density at radius 1 is 1.73 bits per heavy atom. The van der Waals surface area contributed by atoms with E-state index >= 15 is 0 Å². The summed E-state index contributed by atoms with van der Waals surface area (Å²) < 4.78 is 0. The average Bonchev–Trinajstić information content (AvgIpc) is 2.52. The number of nitrogens with one attached hydrogen (secondary N) is 1. The number of hydrogen-bond donors (Lipinski definition) is 3. The highest BCUT2D eigenvalue weighted by Crippen LogP contribution is 1.97. The molecule has 1 fully saturated rings. The van der Waals surface area contributed by atoms with Gasteiger partial charge in [-0.2, -0.15) is 0 Å². The standard InChI is InChI=1S/C7H16N3O/c8-3-7(11)5-10-6-1-2-9-4-6/h6-7,10-11H,1-5,8H2. The normalized spacial score (nSPS) is 27.3. The second kappa shape index (κ2) is 4.66.